The van der Waals surface area contributed by atoms with Gasteiger partial charge in [0.15, 0.2) is 5.78 Å². The summed E-state index contributed by atoms with van der Waals surface area (Å²) in [6.07, 6.45) is 3.21. The second-order valence-corrected chi connectivity index (χ2v) is 5.41. The van der Waals surface area contributed by atoms with Gasteiger partial charge in [0.25, 0.3) is 0 Å². The number of Topliss-reactive ketones (excluding diaryl/α,β-unsaturated/α-hetero) is 1. The number of phenolic OH excluding ortho intramolecular Hbond substituents is 1. The maximum Gasteiger partial charge on any atom is 0.309 e. The normalized spacial score (nSPS) is 22.3. The number of rotatable bonds is 3. The van der Waals surface area contributed by atoms with Gasteiger partial charge < -0.3 is 9.84 Å². The number of carbonyl (C=O) groups is 2. The molecule has 2 rings (SSSR count). The van der Waals surface area contributed by atoms with Gasteiger partial charge in [-0.2, -0.15) is 0 Å². The van der Waals surface area contributed by atoms with E-state index in [-0.39, 0.29) is 29.3 Å². The van der Waals surface area contributed by atoms with Crippen LogP contribution < -0.4 is 0 Å². The first-order valence-corrected chi connectivity index (χ1v) is 6.96. The molecule has 1 aromatic rings. The van der Waals surface area contributed by atoms with Crippen LogP contribution in [-0.2, 0) is 9.53 Å². The molecule has 1 fully saturated rings. The van der Waals surface area contributed by atoms with Gasteiger partial charge in [0.05, 0.1) is 18.6 Å². The number of benzene rings is 1. The Labute approximate surface area is 118 Å². The molecule has 2 atom stereocenters. The summed E-state index contributed by atoms with van der Waals surface area (Å²) in [4.78, 5) is 24.5. The second kappa shape index (κ2) is 6.07. The molecule has 1 aliphatic carbocycles. The smallest absolute Gasteiger partial charge is 0.309 e. The molecule has 108 valence electrons. The molecule has 0 unspecified atom stereocenters. The zero-order valence-electron chi connectivity index (χ0n) is 11.9. The standard InChI is InChI=1S/C16H20O4/c1-10-7-8-14(17)13(9-10)15(18)11-5-3-4-6-12(11)16(19)20-2/h7-9,11-12,17H,3-6H2,1-2H3/t11-,12+/m0/s1. The fourth-order valence-corrected chi connectivity index (χ4v) is 2.93. The highest BCUT2D eigenvalue weighted by atomic mass is 16.5. The summed E-state index contributed by atoms with van der Waals surface area (Å²) in [5.74, 6) is -1.27. The highest BCUT2D eigenvalue weighted by Gasteiger charge is 2.37. The van der Waals surface area contributed by atoms with Crippen molar-refractivity contribution in [1.29, 1.82) is 0 Å². The van der Waals surface area contributed by atoms with Crippen LogP contribution >= 0.6 is 0 Å². The lowest BCUT2D eigenvalue weighted by Crippen LogP contribution is -2.33. The van der Waals surface area contributed by atoms with E-state index in [4.69, 9.17) is 4.74 Å². The van der Waals surface area contributed by atoms with Gasteiger partial charge in [-0.05, 0) is 31.9 Å². The lowest BCUT2D eigenvalue weighted by atomic mass is 9.75. The van der Waals surface area contributed by atoms with Gasteiger partial charge in [0.2, 0.25) is 0 Å². The summed E-state index contributed by atoms with van der Waals surface area (Å²) >= 11 is 0. The van der Waals surface area contributed by atoms with Crippen LogP contribution in [0, 0.1) is 18.8 Å². The van der Waals surface area contributed by atoms with Crippen LogP contribution in [0.25, 0.3) is 0 Å². The predicted molar refractivity (Wildman–Crippen MR) is 74.6 cm³/mol. The number of phenols is 1. The molecule has 4 nitrogen and oxygen atoms in total. The van der Waals surface area contributed by atoms with Crippen molar-refractivity contribution >= 4 is 11.8 Å². The first-order chi connectivity index (χ1) is 9.54. The third-order valence-corrected chi connectivity index (χ3v) is 4.02. The fraction of sp³-hybridized carbons (Fsp3) is 0.500. The first-order valence-electron chi connectivity index (χ1n) is 6.96. The minimum atomic E-state index is -0.388. The van der Waals surface area contributed by atoms with E-state index in [1.54, 1.807) is 12.1 Å². The summed E-state index contributed by atoms with van der Waals surface area (Å²) in [5.41, 5.74) is 1.22. The molecule has 0 radical (unpaired) electrons. The lowest BCUT2D eigenvalue weighted by Gasteiger charge is -2.28. The molecule has 0 saturated heterocycles. The molecule has 0 aliphatic heterocycles. The van der Waals surface area contributed by atoms with Crippen molar-refractivity contribution in [3.05, 3.63) is 29.3 Å². The highest BCUT2D eigenvalue weighted by Crippen LogP contribution is 2.35. The third-order valence-electron chi connectivity index (χ3n) is 4.02. The number of esters is 1. The molecule has 0 aromatic heterocycles. The predicted octanol–water partition coefficient (Wildman–Crippen LogP) is 2.86. The number of aryl methyl sites for hydroxylation is 1. The maximum absolute atomic E-state index is 12.6. The zero-order valence-corrected chi connectivity index (χ0v) is 11.9. The van der Waals surface area contributed by atoms with Gasteiger partial charge in [0, 0.05) is 5.92 Å². The number of methoxy groups -OCH3 is 1. The van der Waals surface area contributed by atoms with Crippen LogP contribution in [0.4, 0.5) is 0 Å². The Morgan fingerprint density at radius 2 is 1.85 bits per heavy atom. The third kappa shape index (κ3) is 2.84. The van der Waals surface area contributed by atoms with Gasteiger partial charge in [0.1, 0.15) is 5.75 Å². The Morgan fingerprint density at radius 3 is 2.50 bits per heavy atom. The van der Waals surface area contributed by atoms with Crippen LogP contribution in [0.3, 0.4) is 0 Å². The minimum Gasteiger partial charge on any atom is -0.507 e. The molecule has 1 aromatic carbocycles. The van der Waals surface area contributed by atoms with E-state index in [1.165, 1.54) is 13.2 Å². The Hall–Kier alpha value is -1.84. The summed E-state index contributed by atoms with van der Waals surface area (Å²) in [7, 11) is 1.35. The van der Waals surface area contributed by atoms with E-state index in [1.807, 2.05) is 6.92 Å². The Kier molecular flexibility index (Phi) is 4.42. The van der Waals surface area contributed by atoms with Crippen LogP contribution in [0.15, 0.2) is 18.2 Å². The van der Waals surface area contributed by atoms with Crippen molar-refractivity contribution in [3.63, 3.8) is 0 Å². The van der Waals surface area contributed by atoms with Crippen LogP contribution in [-0.4, -0.2) is 24.0 Å². The summed E-state index contributed by atoms with van der Waals surface area (Å²) in [5, 5.41) is 9.88. The second-order valence-electron chi connectivity index (χ2n) is 5.41. The van der Waals surface area contributed by atoms with Crippen molar-refractivity contribution in [2.45, 2.75) is 32.6 Å². The van der Waals surface area contributed by atoms with Crippen molar-refractivity contribution < 1.29 is 19.4 Å². The van der Waals surface area contributed by atoms with Gasteiger partial charge in [-0.25, -0.2) is 0 Å². The van der Waals surface area contributed by atoms with Gasteiger partial charge in [-0.1, -0.05) is 24.5 Å². The molecule has 0 bridgehead atoms. The SMILES string of the molecule is COC(=O)[C@@H]1CCCC[C@@H]1C(=O)c1cc(C)ccc1O. The Bertz CT molecular complexity index is 521. The van der Waals surface area contributed by atoms with E-state index in [2.05, 4.69) is 0 Å². The molecule has 1 saturated carbocycles. The zero-order chi connectivity index (χ0) is 14.7. The lowest BCUT2D eigenvalue weighted by molar-refractivity contribution is -0.147. The summed E-state index contributed by atoms with van der Waals surface area (Å²) in [6, 6.07) is 4.96. The minimum absolute atomic E-state index is 0.0187. The van der Waals surface area contributed by atoms with E-state index in [0.717, 1.165) is 18.4 Å². The largest absolute Gasteiger partial charge is 0.507 e. The molecule has 0 heterocycles. The average molecular weight is 276 g/mol. The number of hydrogen-bond donors (Lipinski definition) is 1. The van der Waals surface area contributed by atoms with Crippen LogP contribution in [0.1, 0.15) is 41.6 Å². The molecule has 1 N–H and O–H groups in total. The van der Waals surface area contributed by atoms with E-state index >= 15 is 0 Å². The monoisotopic (exact) mass is 276 g/mol. The Morgan fingerprint density at radius 1 is 1.20 bits per heavy atom. The van der Waals surface area contributed by atoms with Gasteiger partial charge >= 0.3 is 5.97 Å². The van der Waals surface area contributed by atoms with E-state index < -0.39 is 0 Å². The van der Waals surface area contributed by atoms with E-state index in [0.29, 0.717) is 18.4 Å². The quantitative estimate of drug-likeness (QED) is 0.681. The molecular formula is C16H20O4. The number of aromatic hydroxyl groups is 1. The van der Waals surface area contributed by atoms with Crippen LogP contribution in [0.2, 0.25) is 0 Å². The number of ketones is 1. The van der Waals surface area contributed by atoms with Crippen molar-refractivity contribution in [1.82, 2.24) is 0 Å². The first kappa shape index (κ1) is 14.6. The van der Waals surface area contributed by atoms with Gasteiger partial charge in [-0.3, -0.25) is 9.59 Å². The van der Waals surface area contributed by atoms with E-state index in [9.17, 15) is 14.7 Å². The number of ether oxygens (including phenoxy) is 1. The summed E-state index contributed by atoms with van der Waals surface area (Å²) < 4.78 is 4.81. The molecule has 0 amide bonds. The molecule has 4 heteroatoms. The Balaban J connectivity index is 2.30. The highest BCUT2D eigenvalue weighted by molar-refractivity contribution is 6.02. The fourth-order valence-electron chi connectivity index (χ4n) is 2.93. The van der Waals surface area contributed by atoms with Crippen molar-refractivity contribution in [2.24, 2.45) is 11.8 Å². The number of carbonyl (C=O) groups excluding carboxylic acids is 2. The maximum atomic E-state index is 12.6. The molecule has 20 heavy (non-hydrogen) atoms. The van der Waals surface area contributed by atoms with Crippen molar-refractivity contribution in [3.8, 4) is 5.75 Å². The molecule has 1 aliphatic rings. The van der Waals surface area contributed by atoms with Crippen LogP contribution in [0.5, 0.6) is 5.75 Å². The average Bonchev–Trinajstić information content (AvgIpc) is 2.48. The summed E-state index contributed by atoms with van der Waals surface area (Å²) in [6.45, 7) is 1.87. The van der Waals surface area contributed by atoms with Crippen molar-refractivity contribution in [2.75, 3.05) is 7.11 Å². The number of hydrogen-bond acceptors (Lipinski definition) is 4. The molecular weight excluding hydrogens is 256 g/mol. The topological polar surface area (TPSA) is 63.6 Å². The van der Waals surface area contributed by atoms with Gasteiger partial charge in [-0.15, -0.1) is 0 Å². The molecule has 0 spiro atoms.